The molecule has 0 aliphatic carbocycles. The van der Waals surface area contributed by atoms with Crippen LogP contribution in [0.5, 0.6) is 11.5 Å². The molecule has 0 amide bonds. The Kier molecular flexibility index (Phi) is 2.65. The van der Waals surface area contributed by atoms with Crippen LogP contribution < -0.4 is 4.74 Å². The summed E-state index contributed by atoms with van der Waals surface area (Å²) in [5.41, 5.74) is 1.97. The summed E-state index contributed by atoms with van der Waals surface area (Å²) < 4.78 is 5.98. The van der Waals surface area contributed by atoms with Crippen molar-refractivity contribution >= 4 is 11.6 Å². The van der Waals surface area contributed by atoms with Gasteiger partial charge in [0.1, 0.15) is 16.4 Å². The Morgan fingerprint density at radius 3 is 1.68 bits per heavy atom. The minimum Gasteiger partial charge on any atom is -0.457 e. The van der Waals surface area contributed by atoms with E-state index in [9.17, 15) is 0 Å². The Bertz CT molecular complexity index is 580. The van der Waals surface area contributed by atoms with Crippen molar-refractivity contribution < 1.29 is 4.74 Å². The Morgan fingerprint density at radius 2 is 1.26 bits per heavy atom. The highest BCUT2D eigenvalue weighted by atomic mass is 35.5. The number of benzene rings is 2. The third-order valence-corrected chi connectivity index (χ3v) is 4.74. The van der Waals surface area contributed by atoms with Crippen LogP contribution in [0.25, 0.3) is 0 Å². The van der Waals surface area contributed by atoms with E-state index < -0.39 is 4.87 Å². The Labute approximate surface area is 119 Å². The molecule has 1 aliphatic heterocycles. The van der Waals surface area contributed by atoms with Gasteiger partial charge in [0.15, 0.2) is 0 Å². The van der Waals surface area contributed by atoms with Crippen LogP contribution in [0.4, 0.5) is 0 Å². The van der Waals surface area contributed by atoms with Crippen LogP contribution in [-0.4, -0.2) is 0 Å². The Balaban J connectivity index is 2.35. The van der Waals surface area contributed by atoms with Gasteiger partial charge in [0.25, 0.3) is 0 Å². The minimum atomic E-state index is -0.571. The van der Waals surface area contributed by atoms with Gasteiger partial charge in [0.2, 0.25) is 0 Å². The average molecular weight is 273 g/mol. The van der Waals surface area contributed by atoms with Gasteiger partial charge in [0, 0.05) is 11.1 Å². The molecule has 98 valence electrons. The second-order valence-electron chi connectivity index (χ2n) is 6.00. The van der Waals surface area contributed by atoms with Gasteiger partial charge in [-0.2, -0.15) is 0 Å². The van der Waals surface area contributed by atoms with Crippen LogP contribution in [-0.2, 0) is 4.87 Å². The van der Waals surface area contributed by atoms with E-state index in [1.165, 1.54) is 0 Å². The maximum Gasteiger partial charge on any atom is 0.132 e. The van der Waals surface area contributed by atoms with Crippen LogP contribution in [0.3, 0.4) is 0 Å². The standard InChI is InChI=1S/C17H17ClO/c1-16(2,3)17(18)12-8-4-6-10-14(12)19-15-11-7-5-9-13(15)17/h4-11H,1-3H3. The van der Waals surface area contributed by atoms with E-state index in [1.54, 1.807) is 0 Å². The number of hydrogen-bond acceptors (Lipinski definition) is 1. The molecule has 0 saturated carbocycles. The number of fused-ring (bicyclic) bond motifs is 2. The first-order chi connectivity index (χ1) is 8.94. The summed E-state index contributed by atoms with van der Waals surface area (Å²) in [4.78, 5) is -0.571. The first-order valence-corrected chi connectivity index (χ1v) is 6.88. The van der Waals surface area contributed by atoms with E-state index in [0.717, 1.165) is 22.6 Å². The van der Waals surface area contributed by atoms with Crippen molar-refractivity contribution in [3.63, 3.8) is 0 Å². The summed E-state index contributed by atoms with van der Waals surface area (Å²) in [6.45, 7) is 6.50. The predicted octanol–water partition coefficient (Wildman–Crippen LogP) is 5.32. The zero-order valence-corrected chi connectivity index (χ0v) is 12.2. The van der Waals surface area contributed by atoms with E-state index in [2.05, 4.69) is 32.9 Å². The van der Waals surface area contributed by atoms with Crippen molar-refractivity contribution in [3.05, 3.63) is 59.7 Å². The molecule has 0 saturated heterocycles. The number of halogens is 1. The number of alkyl halides is 1. The molecule has 0 spiro atoms. The second-order valence-corrected chi connectivity index (χ2v) is 6.57. The molecule has 2 aromatic carbocycles. The largest absolute Gasteiger partial charge is 0.457 e. The Morgan fingerprint density at radius 1 is 0.842 bits per heavy atom. The van der Waals surface area contributed by atoms with E-state index in [0.29, 0.717) is 0 Å². The van der Waals surface area contributed by atoms with Crippen LogP contribution in [0.2, 0.25) is 0 Å². The molecule has 2 aromatic rings. The van der Waals surface area contributed by atoms with Crippen LogP contribution in [0.1, 0.15) is 31.9 Å². The van der Waals surface area contributed by atoms with Gasteiger partial charge in [0.05, 0.1) is 0 Å². The molecule has 0 N–H and O–H groups in total. The smallest absolute Gasteiger partial charge is 0.132 e. The van der Waals surface area contributed by atoms with E-state index in [-0.39, 0.29) is 5.41 Å². The number of ether oxygens (including phenoxy) is 1. The third kappa shape index (κ3) is 1.68. The molecule has 0 bridgehead atoms. The summed E-state index contributed by atoms with van der Waals surface area (Å²) >= 11 is 7.13. The number of para-hydroxylation sites is 2. The van der Waals surface area contributed by atoms with Crippen LogP contribution in [0, 0.1) is 5.41 Å². The van der Waals surface area contributed by atoms with E-state index >= 15 is 0 Å². The molecule has 19 heavy (non-hydrogen) atoms. The molecule has 1 aliphatic rings. The van der Waals surface area contributed by atoms with E-state index in [4.69, 9.17) is 16.3 Å². The van der Waals surface area contributed by atoms with Crippen molar-refractivity contribution in [2.75, 3.05) is 0 Å². The quantitative estimate of drug-likeness (QED) is 0.590. The lowest BCUT2D eigenvalue weighted by Gasteiger charge is -2.44. The predicted molar refractivity (Wildman–Crippen MR) is 79.0 cm³/mol. The van der Waals surface area contributed by atoms with Crippen molar-refractivity contribution in [1.29, 1.82) is 0 Å². The topological polar surface area (TPSA) is 9.23 Å². The van der Waals surface area contributed by atoms with Gasteiger partial charge < -0.3 is 4.74 Å². The zero-order valence-electron chi connectivity index (χ0n) is 11.4. The van der Waals surface area contributed by atoms with Crippen LogP contribution >= 0.6 is 11.6 Å². The fourth-order valence-electron chi connectivity index (χ4n) is 2.75. The maximum atomic E-state index is 7.13. The summed E-state index contributed by atoms with van der Waals surface area (Å²) in [5, 5.41) is 0. The number of hydrogen-bond donors (Lipinski definition) is 0. The molecule has 1 heterocycles. The minimum absolute atomic E-state index is 0.120. The molecule has 2 heteroatoms. The highest BCUT2D eigenvalue weighted by molar-refractivity contribution is 6.27. The molecule has 0 aromatic heterocycles. The fraction of sp³-hybridized carbons (Fsp3) is 0.294. The van der Waals surface area contributed by atoms with Crippen molar-refractivity contribution in [1.82, 2.24) is 0 Å². The molecule has 0 radical (unpaired) electrons. The van der Waals surface area contributed by atoms with Gasteiger partial charge >= 0.3 is 0 Å². The Hall–Kier alpha value is -1.47. The second kappa shape index (κ2) is 4.01. The molecular weight excluding hydrogens is 256 g/mol. The first-order valence-electron chi connectivity index (χ1n) is 6.50. The lowest BCUT2D eigenvalue weighted by Crippen LogP contribution is -2.38. The maximum absolute atomic E-state index is 7.13. The summed E-state index contributed by atoms with van der Waals surface area (Å²) in [6.07, 6.45) is 0. The lowest BCUT2D eigenvalue weighted by molar-refractivity contribution is 0.289. The SMILES string of the molecule is CC(C)(C)C1(Cl)c2ccccc2Oc2ccccc21. The number of rotatable bonds is 0. The van der Waals surface area contributed by atoms with Gasteiger partial charge in [-0.25, -0.2) is 0 Å². The van der Waals surface area contributed by atoms with Gasteiger partial charge in [-0.1, -0.05) is 57.2 Å². The molecule has 0 fully saturated rings. The van der Waals surface area contributed by atoms with E-state index in [1.807, 2.05) is 36.4 Å². The van der Waals surface area contributed by atoms with Crippen molar-refractivity contribution in [2.45, 2.75) is 25.6 Å². The van der Waals surface area contributed by atoms with Gasteiger partial charge in [-0.3, -0.25) is 0 Å². The average Bonchev–Trinajstić information content (AvgIpc) is 2.38. The molecule has 3 rings (SSSR count). The third-order valence-electron chi connectivity index (χ3n) is 3.77. The van der Waals surface area contributed by atoms with Crippen LogP contribution in [0.15, 0.2) is 48.5 Å². The molecule has 0 atom stereocenters. The van der Waals surface area contributed by atoms with Crippen molar-refractivity contribution in [3.8, 4) is 11.5 Å². The monoisotopic (exact) mass is 272 g/mol. The lowest BCUT2D eigenvalue weighted by atomic mass is 9.70. The zero-order chi connectivity index (χ0) is 13.7. The molecular formula is C17H17ClO. The highest BCUT2D eigenvalue weighted by Gasteiger charge is 2.48. The molecule has 0 unspecified atom stereocenters. The van der Waals surface area contributed by atoms with Gasteiger partial charge in [-0.15, -0.1) is 11.6 Å². The summed E-state index contributed by atoms with van der Waals surface area (Å²) in [7, 11) is 0. The normalized spacial score (nSPS) is 16.2. The van der Waals surface area contributed by atoms with Gasteiger partial charge in [-0.05, 0) is 17.5 Å². The summed E-state index contributed by atoms with van der Waals surface area (Å²) in [6, 6.07) is 16.1. The fourth-order valence-corrected chi connectivity index (χ4v) is 3.06. The van der Waals surface area contributed by atoms with Crippen molar-refractivity contribution in [2.24, 2.45) is 5.41 Å². The highest BCUT2D eigenvalue weighted by Crippen LogP contribution is 2.58. The first kappa shape index (κ1) is 12.6. The molecule has 1 nitrogen and oxygen atoms in total. The summed E-state index contributed by atoms with van der Waals surface area (Å²) in [5.74, 6) is 1.71.